The number of carbonyl (C=O) groups excluding carboxylic acids is 4. The average molecular weight is 399 g/mol. The molecular weight excluding hydrogens is 378 g/mol. The SMILES string of the molecule is Cc1ccc(N2C[C@@H](C(=O)OCC(=O)NC(=O)NCc3ccco3)CC2=O)cc1. The van der Waals surface area contributed by atoms with E-state index in [1.807, 2.05) is 31.2 Å². The summed E-state index contributed by atoms with van der Waals surface area (Å²) in [6.45, 7) is 1.64. The fourth-order valence-corrected chi connectivity index (χ4v) is 2.88. The molecule has 0 radical (unpaired) electrons. The van der Waals surface area contributed by atoms with Crippen LogP contribution in [0.4, 0.5) is 10.5 Å². The number of imide groups is 1. The van der Waals surface area contributed by atoms with E-state index in [0.717, 1.165) is 5.56 Å². The van der Waals surface area contributed by atoms with E-state index in [-0.39, 0.29) is 25.4 Å². The van der Waals surface area contributed by atoms with Crippen LogP contribution in [0, 0.1) is 12.8 Å². The molecule has 1 aliphatic heterocycles. The van der Waals surface area contributed by atoms with Crippen LogP contribution in [0.15, 0.2) is 47.1 Å². The number of urea groups is 1. The van der Waals surface area contributed by atoms with Gasteiger partial charge in [0, 0.05) is 18.7 Å². The lowest BCUT2D eigenvalue weighted by Gasteiger charge is -2.16. The third-order valence-corrected chi connectivity index (χ3v) is 4.41. The summed E-state index contributed by atoms with van der Waals surface area (Å²) in [4.78, 5) is 49.3. The van der Waals surface area contributed by atoms with E-state index < -0.39 is 30.4 Å². The van der Waals surface area contributed by atoms with Gasteiger partial charge in [-0.3, -0.25) is 19.7 Å². The van der Waals surface area contributed by atoms with E-state index in [0.29, 0.717) is 11.4 Å². The Balaban J connectivity index is 1.42. The monoisotopic (exact) mass is 399 g/mol. The van der Waals surface area contributed by atoms with E-state index >= 15 is 0 Å². The van der Waals surface area contributed by atoms with E-state index in [2.05, 4.69) is 10.6 Å². The summed E-state index contributed by atoms with van der Waals surface area (Å²) in [5.74, 6) is -1.74. The van der Waals surface area contributed by atoms with Crippen molar-refractivity contribution in [2.45, 2.75) is 19.9 Å². The van der Waals surface area contributed by atoms with E-state index in [9.17, 15) is 19.2 Å². The molecule has 1 aromatic carbocycles. The number of rotatable bonds is 6. The van der Waals surface area contributed by atoms with Crippen molar-refractivity contribution in [3.05, 3.63) is 54.0 Å². The Kier molecular flexibility index (Phi) is 6.28. The highest BCUT2D eigenvalue weighted by Crippen LogP contribution is 2.26. The molecule has 2 heterocycles. The van der Waals surface area contributed by atoms with Crippen LogP contribution in [0.3, 0.4) is 0 Å². The van der Waals surface area contributed by atoms with Crippen molar-refractivity contribution in [3.63, 3.8) is 0 Å². The molecule has 0 spiro atoms. The minimum absolute atomic E-state index is 0.0119. The smallest absolute Gasteiger partial charge is 0.321 e. The Labute approximate surface area is 167 Å². The van der Waals surface area contributed by atoms with Gasteiger partial charge in [-0.25, -0.2) is 4.79 Å². The van der Waals surface area contributed by atoms with Gasteiger partial charge in [0.2, 0.25) is 5.91 Å². The fraction of sp³-hybridized carbons (Fsp3) is 0.300. The molecule has 152 valence electrons. The van der Waals surface area contributed by atoms with Crippen LogP contribution >= 0.6 is 0 Å². The predicted octanol–water partition coefficient (Wildman–Crippen LogP) is 1.51. The minimum atomic E-state index is -0.769. The van der Waals surface area contributed by atoms with E-state index in [4.69, 9.17) is 9.15 Å². The number of nitrogens with zero attached hydrogens (tertiary/aromatic N) is 1. The zero-order chi connectivity index (χ0) is 20.8. The second kappa shape index (κ2) is 9.05. The molecule has 1 saturated heterocycles. The van der Waals surface area contributed by atoms with Crippen LogP contribution < -0.4 is 15.5 Å². The number of carbonyl (C=O) groups is 4. The number of hydrogen-bond acceptors (Lipinski definition) is 6. The Morgan fingerprint density at radius 2 is 1.97 bits per heavy atom. The number of furan rings is 1. The molecule has 29 heavy (non-hydrogen) atoms. The summed E-state index contributed by atoms with van der Waals surface area (Å²) in [5.41, 5.74) is 1.78. The third-order valence-electron chi connectivity index (χ3n) is 4.41. The van der Waals surface area contributed by atoms with Crippen LogP contribution in [0.2, 0.25) is 0 Å². The molecule has 0 unspecified atom stereocenters. The highest BCUT2D eigenvalue weighted by atomic mass is 16.5. The molecular formula is C20H21N3O6. The van der Waals surface area contributed by atoms with Gasteiger partial charge in [0.25, 0.3) is 5.91 Å². The molecule has 3 rings (SSSR count). The molecule has 0 aliphatic carbocycles. The fourth-order valence-electron chi connectivity index (χ4n) is 2.88. The molecule has 4 amide bonds. The second-order valence-electron chi connectivity index (χ2n) is 6.66. The van der Waals surface area contributed by atoms with Crippen LogP contribution in [-0.4, -0.2) is 37.0 Å². The molecule has 0 saturated carbocycles. The van der Waals surface area contributed by atoms with Crippen molar-refractivity contribution in [2.24, 2.45) is 5.92 Å². The predicted molar refractivity (Wildman–Crippen MR) is 102 cm³/mol. The quantitative estimate of drug-likeness (QED) is 0.711. The molecule has 1 aromatic heterocycles. The first-order valence-corrected chi connectivity index (χ1v) is 9.06. The Hall–Kier alpha value is -3.62. The number of benzene rings is 1. The molecule has 9 nitrogen and oxygen atoms in total. The van der Waals surface area contributed by atoms with Crippen LogP contribution in [-0.2, 0) is 25.7 Å². The van der Waals surface area contributed by atoms with Gasteiger partial charge in [-0.15, -0.1) is 0 Å². The van der Waals surface area contributed by atoms with Crippen molar-refractivity contribution in [1.82, 2.24) is 10.6 Å². The lowest BCUT2D eigenvalue weighted by molar-refractivity contribution is -0.152. The summed E-state index contributed by atoms with van der Waals surface area (Å²) in [6, 6.07) is 10.0. The Morgan fingerprint density at radius 1 is 1.21 bits per heavy atom. The standard InChI is InChI=1S/C20H21N3O6/c1-13-4-6-15(7-5-13)23-11-14(9-18(23)25)19(26)29-12-17(24)22-20(27)21-10-16-3-2-8-28-16/h2-8,14H,9-12H2,1H3,(H2,21,22,24,27)/t14-/m0/s1. The number of esters is 1. The first kappa shape index (κ1) is 20.1. The maximum Gasteiger partial charge on any atom is 0.321 e. The molecule has 0 bridgehead atoms. The number of amides is 4. The third kappa shape index (κ3) is 5.44. The van der Waals surface area contributed by atoms with Crippen LogP contribution in [0.1, 0.15) is 17.7 Å². The molecule has 9 heteroatoms. The van der Waals surface area contributed by atoms with Crippen molar-refractivity contribution in [1.29, 1.82) is 0 Å². The van der Waals surface area contributed by atoms with Crippen molar-refractivity contribution in [3.8, 4) is 0 Å². The van der Waals surface area contributed by atoms with Gasteiger partial charge in [-0.2, -0.15) is 0 Å². The van der Waals surface area contributed by atoms with Gasteiger partial charge in [0.1, 0.15) is 5.76 Å². The number of nitrogens with one attached hydrogen (secondary N) is 2. The van der Waals surface area contributed by atoms with Crippen molar-refractivity contribution in [2.75, 3.05) is 18.1 Å². The summed E-state index contributed by atoms with van der Waals surface area (Å²) in [6.07, 6.45) is 1.48. The topological polar surface area (TPSA) is 118 Å². The zero-order valence-electron chi connectivity index (χ0n) is 15.8. The minimum Gasteiger partial charge on any atom is -0.467 e. The number of hydrogen-bond donors (Lipinski definition) is 2. The van der Waals surface area contributed by atoms with Gasteiger partial charge >= 0.3 is 12.0 Å². The molecule has 2 N–H and O–H groups in total. The highest BCUT2D eigenvalue weighted by Gasteiger charge is 2.36. The summed E-state index contributed by atoms with van der Waals surface area (Å²) in [7, 11) is 0. The normalized spacial score (nSPS) is 15.8. The number of aryl methyl sites for hydroxylation is 1. The number of anilines is 1. The van der Waals surface area contributed by atoms with Gasteiger partial charge in [-0.05, 0) is 31.2 Å². The molecule has 1 atom stereocenters. The van der Waals surface area contributed by atoms with Crippen molar-refractivity contribution >= 4 is 29.5 Å². The summed E-state index contributed by atoms with van der Waals surface area (Å²) >= 11 is 0. The van der Waals surface area contributed by atoms with Gasteiger partial charge in [-0.1, -0.05) is 17.7 Å². The van der Waals surface area contributed by atoms with Crippen LogP contribution in [0.25, 0.3) is 0 Å². The molecule has 1 aliphatic rings. The van der Waals surface area contributed by atoms with E-state index in [1.54, 1.807) is 12.1 Å². The first-order chi connectivity index (χ1) is 13.9. The first-order valence-electron chi connectivity index (χ1n) is 9.06. The summed E-state index contributed by atoms with van der Waals surface area (Å²) in [5, 5.41) is 4.49. The zero-order valence-corrected chi connectivity index (χ0v) is 15.8. The number of ether oxygens (including phenoxy) is 1. The summed E-state index contributed by atoms with van der Waals surface area (Å²) < 4.78 is 10.0. The lowest BCUT2D eigenvalue weighted by atomic mass is 10.1. The Morgan fingerprint density at radius 3 is 2.66 bits per heavy atom. The maximum atomic E-state index is 12.2. The Bertz CT molecular complexity index is 891. The van der Waals surface area contributed by atoms with E-state index in [1.165, 1.54) is 11.2 Å². The molecule has 1 fully saturated rings. The average Bonchev–Trinajstić information content (AvgIpc) is 3.35. The van der Waals surface area contributed by atoms with Gasteiger partial charge in [0.15, 0.2) is 6.61 Å². The highest BCUT2D eigenvalue weighted by molar-refractivity contribution is 6.00. The van der Waals surface area contributed by atoms with Gasteiger partial charge < -0.3 is 19.4 Å². The second-order valence-corrected chi connectivity index (χ2v) is 6.66. The largest absolute Gasteiger partial charge is 0.467 e. The van der Waals surface area contributed by atoms with Crippen molar-refractivity contribution < 1.29 is 28.3 Å². The lowest BCUT2D eigenvalue weighted by Crippen LogP contribution is -2.41. The maximum absolute atomic E-state index is 12.2. The van der Waals surface area contributed by atoms with Crippen LogP contribution in [0.5, 0.6) is 0 Å². The van der Waals surface area contributed by atoms with Gasteiger partial charge in [0.05, 0.1) is 18.7 Å². The molecule has 2 aromatic rings.